The Morgan fingerprint density at radius 3 is 2.42 bits per heavy atom. The number of likely N-dealkylation sites (tertiary alicyclic amines) is 1. The van der Waals surface area contributed by atoms with Crippen LogP contribution in [0.5, 0.6) is 0 Å². The van der Waals surface area contributed by atoms with Crippen molar-refractivity contribution in [3.05, 3.63) is 0 Å². The van der Waals surface area contributed by atoms with Gasteiger partial charge in [0, 0.05) is 25.2 Å². The van der Waals surface area contributed by atoms with E-state index in [4.69, 9.17) is 0 Å². The molecule has 19 heavy (non-hydrogen) atoms. The Bertz CT molecular complexity index is 281. The van der Waals surface area contributed by atoms with Crippen LogP contribution < -0.4 is 5.32 Å². The second kappa shape index (κ2) is 6.13. The maximum absolute atomic E-state index is 3.84. The summed E-state index contributed by atoms with van der Waals surface area (Å²) >= 11 is 0. The molecule has 0 spiro atoms. The fraction of sp³-hybridized carbons (Fsp3) is 1.00. The van der Waals surface area contributed by atoms with Crippen molar-refractivity contribution < 1.29 is 0 Å². The Kier molecular flexibility index (Phi) is 4.48. The van der Waals surface area contributed by atoms with Gasteiger partial charge in [-0.3, -0.25) is 4.90 Å². The first-order valence-corrected chi connectivity index (χ1v) is 8.68. The fourth-order valence-corrected chi connectivity index (χ4v) is 3.84. The van der Waals surface area contributed by atoms with Crippen molar-refractivity contribution >= 4 is 0 Å². The van der Waals surface area contributed by atoms with Gasteiger partial charge in [0.2, 0.25) is 0 Å². The van der Waals surface area contributed by atoms with E-state index in [0.717, 1.165) is 29.8 Å². The van der Waals surface area contributed by atoms with Crippen molar-refractivity contribution in [1.82, 2.24) is 10.2 Å². The Hall–Kier alpha value is -0.0800. The van der Waals surface area contributed by atoms with Crippen molar-refractivity contribution in [2.24, 2.45) is 17.8 Å². The third-order valence-corrected chi connectivity index (χ3v) is 5.33. The second-order valence-electron chi connectivity index (χ2n) is 7.82. The highest BCUT2D eigenvalue weighted by Crippen LogP contribution is 2.39. The van der Waals surface area contributed by atoms with Crippen LogP contribution in [0, 0.1) is 17.8 Å². The molecule has 110 valence electrons. The topological polar surface area (TPSA) is 15.3 Å². The standard InChI is InChI=1S/C17H32N2/c1-13(2)10-18-16-9-15(8-14-6-7-14)11-19(12-16)17-4-3-5-17/h13-18H,3-12H2,1-2H3. The van der Waals surface area contributed by atoms with E-state index in [0.29, 0.717) is 0 Å². The van der Waals surface area contributed by atoms with Crippen LogP contribution in [0.4, 0.5) is 0 Å². The molecule has 1 aliphatic heterocycles. The van der Waals surface area contributed by atoms with Crippen molar-refractivity contribution in [3.8, 4) is 0 Å². The maximum atomic E-state index is 3.84. The summed E-state index contributed by atoms with van der Waals surface area (Å²) in [5, 5.41) is 3.84. The molecule has 0 aromatic rings. The predicted molar refractivity (Wildman–Crippen MR) is 81.3 cm³/mol. The van der Waals surface area contributed by atoms with Gasteiger partial charge in [-0.15, -0.1) is 0 Å². The normalized spacial score (nSPS) is 33.6. The highest BCUT2D eigenvalue weighted by Gasteiger charge is 2.35. The molecule has 3 fully saturated rings. The minimum atomic E-state index is 0.764. The largest absolute Gasteiger partial charge is 0.312 e. The molecule has 0 bridgehead atoms. The number of hydrogen-bond acceptors (Lipinski definition) is 2. The lowest BCUT2D eigenvalue weighted by Crippen LogP contribution is -2.54. The summed E-state index contributed by atoms with van der Waals surface area (Å²) in [6.45, 7) is 8.56. The quantitative estimate of drug-likeness (QED) is 0.792. The molecule has 2 aliphatic carbocycles. The lowest BCUT2D eigenvalue weighted by molar-refractivity contribution is 0.0540. The van der Waals surface area contributed by atoms with Crippen LogP contribution in [-0.4, -0.2) is 36.6 Å². The molecule has 2 unspecified atom stereocenters. The molecular formula is C17H32N2. The number of hydrogen-bond donors (Lipinski definition) is 1. The van der Waals surface area contributed by atoms with Crippen molar-refractivity contribution in [2.45, 2.75) is 70.9 Å². The Balaban J connectivity index is 1.52. The van der Waals surface area contributed by atoms with Crippen LogP contribution in [-0.2, 0) is 0 Å². The molecule has 2 nitrogen and oxygen atoms in total. The van der Waals surface area contributed by atoms with Crippen molar-refractivity contribution in [2.75, 3.05) is 19.6 Å². The zero-order valence-electron chi connectivity index (χ0n) is 12.9. The number of nitrogens with zero attached hydrogens (tertiary/aromatic N) is 1. The first-order chi connectivity index (χ1) is 9.20. The zero-order valence-corrected chi connectivity index (χ0v) is 12.9. The molecule has 2 atom stereocenters. The van der Waals surface area contributed by atoms with Crippen molar-refractivity contribution in [1.29, 1.82) is 0 Å². The first-order valence-electron chi connectivity index (χ1n) is 8.68. The summed E-state index contributed by atoms with van der Waals surface area (Å²) in [4.78, 5) is 2.83. The van der Waals surface area contributed by atoms with Crippen LogP contribution >= 0.6 is 0 Å². The highest BCUT2D eigenvalue weighted by atomic mass is 15.2. The maximum Gasteiger partial charge on any atom is 0.0198 e. The van der Waals surface area contributed by atoms with Crippen LogP contribution in [0.2, 0.25) is 0 Å². The summed E-state index contributed by atoms with van der Waals surface area (Å²) in [6.07, 6.45) is 10.4. The van der Waals surface area contributed by atoms with Crippen LogP contribution in [0.15, 0.2) is 0 Å². The van der Waals surface area contributed by atoms with Gasteiger partial charge in [-0.05, 0) is 50.0 Å². The third-order valence-electron chi connectivity index (χ3n) is 5.33. The summed E-state index contributed by atoms with van der Waals surface area (Å²) in [6, 6.07) is 1.70. The molecule has 2 saturated carbocycles. The van der Waals surface area contributed by atoms with E-state index in [1.165, 1.54) is 64.6 Å². The molecule has 1 N–H and O–H groups in total. The van der Waals surface area contributed by atoms with E-state index in [9.17, 15) is 0 Å². The van der Waals surface area contributed by atoms with Crippen LogP contribution in [0.25, 0.3) is 0 Å². The van der Waals surface area contributed by atoms with Gasteiger partial charge in [0.1, 0.15) is 0 Å². The Morgan fingerprint density at radius 1 is 1.05 bits per heavy atom. The van der Waals surface area contributed by atoms with E-state index in [1.807, 2.05) is 0 Å². The monoisotopic (exact) mass is 264 g/mol. The van der Waals surface area contributed by atoms with Crippen LogP contribution in [0.3, 0.4) is 0 Å². The lowest BCUT2D eigenvalue weighted by Gasteiger charge is -2.45. The number of rotatable bonds is 6. The smallest absolute Gasteiger partial charge is 0.0198 e. The Morgan fingerprint density at radius 2 is 1.84 bits per heavy atom. The molecule has 0 amide bonds. The molecule has 1 saturated heterocycles. The van der Waals surface area contributed by atoms with E-state index in [-0.39, 0.29) is 0 Å². The van der Waals surface area contributed by atoms with Gasteiger partial charge in [-0.2, -0.15) is 0 Å². The molecule has 2 heteroatoms. The third kappa shape index (κ3) is 3.95. The van der Waals surface area contributed by atoms with Gasteiger partial charge in [0.25, 0.3) is 0 Å². The summed E-state index contributed by atoms with van der Waals surface area (Å²) in [5.74, 6) is 2.85. The average molecular weight is 264 g/mol. The van der Waals surface area contributed by atoms with E-state index in [2.05, 4.69) is 24.1 Å². The molecule has 3 rings (SSSR count). The lowest BCUT2D eigenvalue weighted by atomic mass is 9.84. The van der Waals surface area contributed by atoms with Gasteiger partial charge in [-0.25, -0.2) is 0 Å². The molecule has 0 aromatic carbocycles. The molecule has 1 heterocycles. The number of piperidine rings is 1. The van der Waals surface area contributed by atoms with Gasteiger partial charge in [-0.1, -0.05) is 33.1 Å². The van der Waals surface area contributed by atoms with Crippen LogP contribution in [0.1, 0.15) is 58.8 Å². The minimum absolute atomic E-state index is 0.764. The predicted octanol–water partition coefficient (Wildman–Crippen LogP) is 3.28. The highest BCUT2D eigenvalue weighted by molar-refractivity contribution is 4.91. The molecule has 0 radical (unpaired) electrons. The van der Waals surface area contributed by atoms with E-state index >= 15 is 0 Å². The summed E-state index contributed by atoms with van der Waals surface area (Å²) in [7, 11) is 0. The van der Waals surface area contributed by atoms with Gasteiger partial charge in [0.15, 0.2) is 0 Å². The number of nitrogens with one attached hydrogen (secondary N) is 1. The van der Waals surface area contributed by atoms with Gasteiger partial charge >= 0.3 is 0 Å². The molecule has 0 aromatic heterocycles. The summed E-state index contributed by atoms with van der Waals surface area (Å²) < 4.78 is 0. The zero-order chi connectivity index (χ0) is 13.2. The fourth-order valence-electron chi connectivity index (χ4n) is 3.84. The summed E-state index contributed by atoms with van der Waals surface area (Å²) in [5.41, 5.74) is 0. The molecular weight excluding hydrogens is 232 g/mol. The average Bonchev–Trinajstić information content (AvgIpc) is 3.07. The minimum Gasteiger partial charge on any atom is -0.312 e. The van der Waals surface area contributed by atoms with Crippen molar-refractivity contribution in [3.63, 3.8) is 0 Å². The SMILES string of the molecule is CC(C)CNC1CC(CC2CC2)CN(C2CCC2)C1. The Labute approximate surface area is 119 Å². The second-order valence-corrected chi connectivity index (χ2v) is 7.82. The van der Waals surface area contributed by atoms with Gasteiger partial charge in [0.05, 0.1) is 0 Å². The molecule has 3 aliphatic rings. The van der Waals surface area contributed by atoms with E-state index < -0.39 is 0 Å². The first kappa shape index (κ1) is 13.9. The van der Waals surface area contributed by atoms with Gasteiger partial charge < -0.3 is 5.32 Å². The van der Waals surface area contributed by atoms with E-state index in [1.54, 1.807) is 0 Å².